The van der Waals surface area contributed by atoms with Gasteiger partial charge >= 0.3 is 0 Å². The number of carbonyl (C=O) groups excluding carboxylic acids is 1. The van der Waals surface area contributed by atoms with Gasteiger partial charge in [-0.3, -0.25) is 9.69 Å². The lowest BCUT2D eigenvalue weighted by atomic mass is 9.98. The molecule has 0 spiro atoms. The van der Waals surface area contributed by atoms with Crippen molar-refractivity contribution >= 4 is 28.6 Å². The molecular weight excluding hydrogens is 264 g/mol. The van der Waals surface area contributed by atoms with E-state index >= 15 is 0 Å². The number of hydrogen-bond donors (Lipinski definition) is 1. The average molecular weight is 278 g/mol. The number of amides is 1. The number of nitrogens with two attached hydrogens (primary N) is 1. The summed E-state index contributed by atoms with van der Waals surface area (Å²) in [6.45, 7) is 1.23. The minimum absolute atomic E-state index is 0.201. The average Bonchev–Trinajstić information content (AvgIpc) is 2.97. The summed E-state index contributed by atoms with van der Waals surface area (Å²) in [5.41, 5.74) is 6.70. The van der Waals surface area contributed by atoms with Crippen molar-refractivity contribution in [3.8, 4) is 0 Å². The van der Waals surface area contributed by atoms with E-state index in [9.17, 15) is 4.79 Å². The zero-order valence-corrected chi connectivity index (χ0v) is 11.5. The Balaban J connectivity index is 2.00. The molecule has 0 bridgehead atoms. The van der Waals surface area contributed by atoms with Crippen LogP contribution < -0.4 is 5.73 Å². The largest absolute Gasteiger partial charge is 0.369 e. The van der Waals surface area contributed by atoms with Gasteiger partial charge in [0.15, 0.2) is 0 Å². The summed E-state index contributed by atoms with van der Waals surface area (Å²) in [6, 6.07) is 6.57. The van der Waals surface area contributed by atoms with E-state index in [-0.39, 0.29) is 11.9 Å². The Hall–Kier alpha value is -1.17. The molecule has 5 heteroatoms. The van der Waals surface area contributed by atoms with Crippen molar-refractivity contribution in [3.63, 3.8) is 0 Å². The van der Waals surface area contributed by atoms with Crippen molar-refractivity contribution in [2.24, 2.45) is 5.73 Å². The number of nitrogens with zero attached hydrogens (tertiary/aromatic N) is 1. The quantitative estimate of drug-likeness (QED) is 0.936. The fourth-order valence-electron chi connectivity index (χ4n) is 2.52. The number of fused-ring (bicyclic) bond motifs is 1. The zero-order valence-electron chi connectivity index (χ0n) is 9.83. The maximum atomic E-state index is 11.2. The Kier molecular flexibility index (Phi) is 3.20. The highest BCUT2D eigenvalue weighted by Crippen LogP contribution is 2.39. The van der Waals surface area contributed by atoms with Crippen molar-refractivity contribution in [2.75, 3.05) is 13.1 Å². The number of hydrogen-bond acceptors (Lipinski definition) is 4. The minimum atomic E-state index is -0.254. The molecule has 1 aliphatic heterocycles. The fraction of sp³-hybridized carbons (Fsp3) is 0.308. The van der Waals surface area contributed by atoms with Gasteiger partial charge in [0.25, 0.3) is 0 Å². The number of thiophene rings is 2. The first-order chi connectivity index (χ1) is 8.75. The molecule has 2 N–H and O–H groups in total. The monoisotopic (exact) mass is 278 g/mol. The van der Waals surface area contributed by atoms with Gasteiger partial charge in [-0.25, -0.2) is 0 Å². The van der Waals surface area contributed by atoms with Gasteiger partial charge in [0, 0.05) is 16.3 Å². The zero-order chi connectivity index (χ0) is 12.5. The summed E-state index contributed by atoms with van der Waals surface area (Å²) < 4.78 is 0. The standard InChI is InChI=1S/C13H14N2OS2/c14-12(16)8-15-5-3-10-9(4-7-18-10)13(15)11-2-1-6-17-11/h1-2,4,6-7,13H,3,5,8H2,(H2,14,16)/t13-/m1/s1. The predicted octanol–water partition coefficient (Wildman–Crippen LogP) is 2.24. The van der Waals surface area contributed by atoms with Gasteiger partial charge in [0.05, 0.1) is 12.6 Å². The molecule has 3 nitrogen and oxygen atoms in total. The molecule has 2 aromatic rings. The molecule has 94 valence electrons. The third kappa shape index (κ3) is 2.09. The van der Waals surface area contributed by atoms with E-state index in [0.717, 1.165) is 13.0 Å². The fourth-order valence-corrected chi connectivity index (χ4v) is 4.30. The van der Waals surface area contributed by atoms with Crippen LogP contribution in [0.5, 0.6) is 0 Å². The summed E-state index contributed by atoms with van der Waals surface area (Å²) in [6.07, 6.45) is 1.02. The summed E-state index contributed by atoms with van der Waals surface area (Å²) in [7, 11) is 0. The predicted molar refractivity (Wildman–Crippen MR) is 75.0 cm³/mol. The molecule has 0 aliphatic carbocycles. The highest BCUT2D eigenvalue weighted by Gasteiger charge is 2.30. The first-order valence-electron chi connectivity index (χ1n) is 5.87. The van der Waals surface area contributed by atoms with Crippen molar-refractivity contribution < 1.29 is 4.79 Å². The maximum absolute atomic E-state index is 11.2. The molecular formula is C13H14N2OS2. The first-order valence-corrected chi connectivity index (χ1v) is 7.63. The van der Waals surface area contributed by atoms with Crippen LogP contribution >= 0.6 is 22.7 Å². The molecule has 1 amide bonds. The molecule has 0 radical (unpaired) electrons. The Labute approximate surface area is 114 Å². The molecule has 3 rings (SSSR count). The Morgan fingerprint density at radius 2 is 2.28 bits per heavy atom. The highest BCUT2D eigenvalue weighted by molar-refractivity contribution is 7.10. The molecule has 0 saturated carbocycles. The summed E-state index contributed by atoms with van der Waals surface area (Å²) in [4.78, 5) is 16.1. The third-order valence-corrected chi connectivity index (χ3v) is 5.16. The molecule has 3 heterocycles. The van der Waals surface area contributed by atoms with Crippen molar-refractivity contribution in [1.29, 1.82) is 0 Å². The van der Waals surface area contributed by atoms with Gasteiger partial charge in [-0.1, -0.05) is 6.07 Å². The summed E-state index contributed by atoms with van der Waals surface area (Å²) >= 11 is 3.55. The molecule has 0 fully saturated rings. The van der Waals surface area contributed by atoms with E-state index in [1.807, 2.05) is 11.3 Å². The van der Waals surface area contributed by atoms with Gasteiger partial charge in [-0.2, -0.15) is 0 Å². The van der Waals surface area contributed by atoms with Crippen LogP contribution in [0.15, 0.2) is 29.0 Å². The van der Waals surface area contributed by atoms with Crippen LogP contribution in [0.25, 0.3) is 0 Å². The second-order valence-corrected chi connectivity index (χ2v) is 6.38. The van der Waals surface area contributed by atoms with Crippen LogP contribution in [-0.2, 0) is 11.2 Å². The lowest BCUT2D eigenvalue weighted by molar-refractivity contribution is -0.119. The van der Waals surface area contributed by atoms with Crippen molar-refractivity contribution in [1.82, 2.24) is 4.90 Å². The summed E-state index contributed by atoms with van der Waals surface area (Å²) in [5, 5.41) is 4.22. The SMILES string of the molecule is NC(=O)CN1CCc2sccc2[C@@H]1c1cccs1. The van der Waals surface area contributed by atoms with Crippen LogP contribution in [-0.4, -0.2) is 23.9 Å². The van der Waals surface area contributed by atoms with E-state index in [0.29, 0.717) is 6.54 Å². The van der Waals surface area contributed by atoms with E-state index in [2.05, 4.69) is 33.9 Å². The van der Waals surface area contributed by atoms with Gasteiger partial charge < -0.3 is 5.73 Å². The molecule has 0 saturated heterocycles. The van der Waals surface area contributed by atoms with E-state index in [1.165, 1.54) is 15.3 Å². The van der Waals surface area contributed by atoms with Gasteiger partial charge in [-0.05, 0) is 34.9 Å². The van der Waals surface area contributed by atoms with Crippen LogP contribution in [0.1, 0.15) is 21.4 Å². The third-order valence-electron chi connectivity index (χ3n) is 3.24. The molecule has 2 aromatic heterocycles. The minimum Gasteiger partial charge on any atom is -0.369 e. The van der Waals surface area contributed by atoms with Crippen LogP contribution in [0.2, 0.25) is 0 Å². The molecule has 1 aliphatic rings. The highest BCUT2D eigenvalue weighted by atomic mass is 32.1. The number of primary amides is 1. The normalized spacial score (nSPS) is 19.7. The van der Waals surface area contributed by atoms with E-state index < -0.39 is 0 Å². The Bertz CT molecular complexity index is 547. The topological polar surface area (TPSA) is 46.3 Å². The maximum Gasteiger partial charge on any atom is 0.231 e. The molecule has 1 atom stereocenters. The van der Waals surface area contributed by atoms with Crippen LogP contribution in [0.3, 0.4) is 0 Å². The number of carbonyl (C=O) groups is 1. The van der Waals surface area contributed by atoms with Gasteiger partial charge in [0.2, 0.25) is 5.91 Å². The second-order valence-electron chi connectivity index (χ2n) is 4.40. The molecule has 18 heavy (non-hydrogen) atoms. The van der Waals surface area contributed by atoms with Gasteiger partial charge in [-0.15, -0.1) is 22.7 Å². The van der Waals surface area contributed by atoms with Crippen molar-refractivity contribution in [2.45, 2.75) is 12.5 Å². The van der Waals surface area contributed by atoms with E-state index in [4.69, 9.17) is 5.73 Å². The van der Waals surface area contributed by atoms with Gasteiger partial charge in [0.1, 0.15) is 0 Å². The molecule has 0 aromatic carbocycles. The smallest absolute Gasteiger partial charge is 0.231 e. The van der Waals surface area contributed by atoms with Crippen molar-refractivity contribution in [3.05, 3.63) is 44.3 Å². The Morgan fingerprint density at radius 1 is 1.39 bits per heavy atom. The van der Waals surface area contributed by atoms with E-state index in [1.54, 1.807) is 11.3 Å². The van der Waals surface area contributed by atoms with Crippen LogP contribution in [0.4, 0.5) is 0 Å². The lowest BCUT2D eigenvalue weighted by Gasteiger charge is -2.34. The second kappa shape index (κ2) is 4.84. The molecule has 0 unspecified atom stereocenters. The lowest BCUT2D eigenvalue weighted by Crippen LogP contribution is -2.40. The summed E-state index contributed by atoms with van der Waals surface area (Å²) in [5.74, 6) is -0.254. The number of rotatable bonds is 3. The Morgan fingerprint density at radius 3 is 3.00 bits per heavy atom. The van der Waals surface area contributed by atoms with Crippen LogP contribution in [0, 0.1) is 0 Å². The first kappa shape index (κ1) is 11.9.